The predicted octanol–water partition coefficient (Wildman–Crippen LogP) is 4.21. The zero-order valence-corrected chi connectivity index (χ0v) is 13.0. The summed E-state index contributed by atoms with van der Waals surface area (Å²) >= 11 is 0. The molecule has 4 nitrogen and oxygen atoms in total. The van der Waals surface area contributed by atoms with Gasteiger partial charge in [-0.1, -0.05) is 18.2 Å². The molecule has 0 aromatic heterocycles. The van der Waals surface area contributed by atoms with Crippen molar-refractivity contribution in [1.29, 1.82) is 0 Å². The standard InChI is InChI=1S/C15H10F8O4/c16-10(8-13(17,18)19)14(20,21)15(22,23)27-12(25)7-6-11(24)26-9-4-2-1-3-5-9/h1-7,10H,8H2/b7-6+. The monoisotopic (exact) mass is 406 g/mol. The van der Waals surface area contributed by atoms with E-state index in [0.29, 0.717) is 0 Å². The molecule has 1 unspecified atom stereocenters. The first kappa shape index (κ1) is 22.4. The first-order chi connectivity index (χ1) is 12.2. The number of alkyl halides is 8. The van der Waals surface area contributed by atoms with E-state index < -0.39 is 42.7 Å². The van der Waals surface area contributed by atoms with E-state index in [9.17, 15) is 44.7 Å². The van der Waals surface area contributed by atoms with Crippen LogP contribution in [-0.4, -0.2) is 36.3 Å². The van der Waals surface area contributed by atoms with Crippen LogP contribution in [0.25, 0.3) is 0 Å². The predicted molar refractivity (Wildman–Crippen MR) is 72.8 cm³/mol. The van der Waals surface area contributed by atoms with Crippen LogP contribution in [0.4, 0.5) is 35.1 Å². The maximum absolute atomic E-state index is 13.2. The molecule has 1 aromatic rings. The highest BCUT2D eigenvalue weighted by atomic mass is 19.4. The summed E-state index contributed by atoms with van der Waals surface area (Å²) in [5.41, 5.74) is 0. The number of hydrogen-bond acceptors (Lipinski definition) is 4. The van der Waals surface area contributed by atoms with Gasteiger partial charge in [0, 0.05) is 12.2 Å². The molecule has 0 spiro atoms. The minimum absolute atomic E-state index is 0.00445. The number of hydrogen-bond donors (Lipinski definition) is 0. The maximum atomic E-state index is 13.2. The van der Waals surface area contributed by atoms with Crippen molar-refractivity contribution in [2.75, 3.05) is 0 Å². The summed E-state index contributed by atoms with van der Waals surface area (Å²) in [6.45, 7) is 0. The molecule has 0 radical (unpaired) electrons. The van der Waals surface area contributed by atoms with Crippen LogP contribution in [-0.2, 0) is 14.3 Å². The number of esters is 2. The second kappa shape index (κ2) is 8.35. The Morgan fingerprint density at radius 1 is 0.926 bits per heavy atom. The molecule has 1 rings (SSSR count). The fourth-order valence-corrected chi connectivity index (χ4v) is 1.52. The largest absolute Gasteiger partial charge is 0.469 e. The number of rotatable bonds is 7. The van der Waals surface area contributed by atoms with Gasteiger partial charge in [-0.15, -0.1) is 0 Å². The topological polar surface area (TPSA) is 52.6 Å². The zero-order valence-electron chi connectivity index (χ0n) is 13.0. The number of ether oxygens (including phenoxy) is 2. The zero-order chi connectivity index (χ0) is 20.9. The fraction of sp³-hybridized carbons (Fsp3) is 0.333. The molecule has 1 aromatic carbocycles. The second-order valence-electron chi connectivity index (χ2n) is 4.92. The molecule has 150 valence electrons. The van der Waals surface area contributed by atoms with Gasteiger partial charge in [0.2, 0.25) is 0 Å². The smallest absolute Gasteiger partial charge is 0.423 e. The fourth-order valence-electron chi connectivity index (χ4n) is 1.52. The highest BCUT2D eigenvalue weighted by Crippen LogP contribution is 2.43. The van der Waals surface area contributed by atoms with Crippen LogP contribution in [0.5, 0.6) is 5.75 Å². The van der Waals surface area contributed by atoms with Crippen molar-refractivity contribution >= 4 is 11.9 Å². The number of para-hydroxylation sites is 1. The van der Waals surface area contributed by atoms with Gasteiger partial charge in [-0.2, -0.15) is 30.7 Å². The molecular weight excluding hydrogens is 396 g/mol. The van der Waals surface area contributed by atoms with Gasteiger partial charge in [-0.25, -0.2) is 14.0 Å². The molecule has 0 aliphatic heterocycles. The van der Waals surface area contributed by atoms with Gasteiger partial charge in [-0.05, 0) is 12.1 Å². The second-order valence-corrected chi connectivity index (χ2v) is 4.92. The summed E-state index contributed by atoms with van der Waals surface area (Å²) in [6, 6.07) is 7.15. The lowest BCUT2D eigenvalue weighted by Gasteiger charge is -2.28. The van der Waals surface area contributed by atoms with Crippen LogP contribution in [0.1, 0.15) is 6.42 Å². The first-order valence-corrected chi connectivity index (χ1v) is 6.89. The molecule has 0 aliphatic rings. The Morgan fingerprint density at radius 3 is 1.96 bits per heavy atom. The highest BCUT2D eigenvalue weighted by Gasteiger charge is 2.66. The van der Waals surface area contributed by atoms with Crippen molar-refractivity contribution in [3.8, 4) is 5.75 Å². The third kappa shape index (κ3) is 6.87. The third-order valence-corrected chi connectivity index (χ3v) is 2.74. The van der Waals surface area contributed by atoms with E-state index in [1.165, 1.54) is 24.3 Å². The Kier molecular flexibility index (Phi) is 6.93. The quantitative estimate of drug-likeness (QED) is 0.295. The van der Waals surface area contributed by atoms with Gasteiger partial charge in [-0.3, -0.25) is 0 Å². The summed E-state index contributed by atoms with van der Waals surface area (Å²) in [6.07, 6.45) is -18.4. The van der Waals surface area contributed by atoms with E-state index in [-0.39, 0.29) is 17.9 Å². The van der Waals surface area contributed by atoms with Crippen molar-refractivity contribution in [2.45, 2.75) is 30.8 Å². The van der Waals surface area contributed by atoms with Crippen LogP contribution < -0.4 is 4.74 Å². The highest BCUT2D eigenvalue weighted by molar-refractivity contribution is 5.92. The molecule has 0 amide bonds. The van der Waals surface area contributed by atoms with E-state index >= 15 is 0 Å². The van der Waals surface area contributed by atoms with Gasteiger partial charge in [0.15, 0.2) is 6.17 Å². The van der Waals surface area contributed by atoms with Crippen LogP contribution in [0.15, 0.2) is 42.5 Å². The molecule has 0 saturated carbocycles. The van der Waals surface area contributed by atoms with Crippen LogP contribution in [0.2, 0.25) is 0 Å². The molecule has 27 heavy (non-hydrogen) atoms. The van der Waals surface area contributed by atoms with Gasteiger partial charge in [0.25, 0.3) is 0 Å². The van der Waals surface area contributed by atoms with Crippen LogP contribution in [0.3, 0.4) is 0 Å². The summed E-state index contributed by atoms with van der Waals surface area (Å²) in [4.78, 5) is 22.4. The molecule has 0 saturated heterocycles. The Morgan fingerprint density at radius 2 is 1.44 bits per heavy atom. The van der Waals surface area contributed by atoms with Gasteiger partial charge < -0.3 is 9.47 Å². The van der Waals surface area contributed by atoms with Crippen molar-refractivity contribution < 1.29 is 54.2 Å². The molecule has 0 aliphatic carbocycles. The van der Waals surface area contributed by atoms with Gasteiger partial charge in [0.1, 0.15) is 5.75 Å². The van der Waals surface area contributed by atoms with Crippen LogP contribution >= 0.6 is 0 Å². The lowest BCUT2D eigenvalue weighted by Crippen LogP contribution is -2.51. The van der Waals surface area contributed by atoms with E-state index in [4.69, 9.17) is 0 Å². The Bertz CT molecular complexity index is 685. The number of carbonyl (C=O) groups excluding carboxylic acids is 2. The van der Waals surface area contributed by atoms with Gasteiger partial charge in [0.05, 0.1) is 6.42 Å². The van der Waals surface area contributed by atoms with Crippen LogP contribution in [0, 0.1) is 0 Å². The lowest BCUT2D eigenvalue weighted by molar-refractivity contribution is -0.349. The lowest BCUT2D eigenvalue weighted by atomic mass is 10.1. The maximum Gasteiger partial charge on any atom is 0.469 e. The number of benzene rings is 1. The van der Waals surface area contributed by atoms with Crippen molar-refractivity contribution in [2.24, 2.45) is 0 Å². The Balaban J connectivity index is 2.71. The molecule has 12 heteroatoms. The summed E-state index contributed by atoms with van der Waals surface area (Å²) in [7, 11) is 0. The van der Waals surface area contributed by atoms with Crippen molar-refractivity contribution in [3.05, 3.63) is 42.5 Å². The normalized spacial score (nSPS) is 14.1. The third-order valence-electron chi connectivity index (χ3n) is 2.74. The summed E-state index contributed by atoms with van der Waals surface area (Å²) in [5.74, 6) is -9.46. The molecule has 0 bridgehead atoms. The van der Waals surface area contributed by atoms with Crippen molar-refractivity contribution in [1.82, 2.24) is 0 Å². The molecule has 0 fully saturated rings. The molecule has 1 atom stereocenters. The van der Waals surface area contributed by atoms with E-state index in [2.05, 4.69) is 9.47 Å². The van der Waals surface area contributed by atoms with E-state index in [1.807, 2.05) is 0 Å². The average molecular weight is 406 g/mol. The van der Waals surface area contributed by atoms with E-state index in [0.717, 1.165) is 0 Å². The Labute approximate surface area is 146 Å². The summed E-state index contributed by atoms with van der Waals surface area (Å²) in [5, 5.41) is 0. The number of halogens is 8. The van der Waals surface area contributed by atoms with Gasteiger partial charge >= 0.3 is 30.1 Å². The van der Waals surface area contributed by atoms with Crippen molar-refractivity contribution in [3.63, 3.8) is 0 Å². The summed E-state index contributed by atoms with van der Waals surface area (Å²) < 4.78 is 109. The molecule has 0 heterocycles. The average Bonchev–Trinajstić information content (AvgIpc) is 2.51. The molecular formula is C15H10F8O4. The minimum Gasteiger partial charge on any atom is -0.423 e. The molecule has 0 N–H and O–H groups in total. The SMILES string of the molecule is O=C(/C=C/C(=O)OC(F)(F)C(F)(F)C(F)CC(F)(F)F)Oc1ccccc1. The van der Waals surface area contributed by atoms with E-state index in [1.54, 1.807) is 6.07 Å². The number of carbonyl (C=O) groups is 2. The Hall–Kier alpha value is -2.66. The first-order valence-electron chi connectivity index (χ1n) is 6.89. The minimum atomic E-state index is -5.96.